The summed E-state index contributed by atoms with van der Waals surface area (Å²) in [6, 6.07) is 12.3. The molecule has 2 aromatic carbocycles. The number of hydrogen-bond donors (Lipinski definition) is 1. The fourth-order valence-corrected chi connectivity index (χ4v) is 2.72. The minimum atomic E-state index is 0.229. The van der Waals surface area contributed by atoms with Gasteiger partial charge in [-0.05, 0) is 55.0 Å². The topological polar surface area (TPSA) is 38.0 Å². The lowest BCUT2D eigenvalue weighted by atomic mass is 10.1. The fourth-order valence-electron chi connectivity index (χ4n) is 2.24. The molecule has 3 aromatic rings. The molecule has 106 valence electrons. The SMILES string of the molecule is Cc1cnn(-c2ccc(Cl)cc2Cl)c1-c1ccc(O)cc1. The van der Waals surface area contributed by atoms with E-state index in [1.807, 2.05) is 25.1 Å². The standard InChI is InChI=1S/C16H12Cl2N2O/c1-10-9-19-20(15-7-4-12(17)8-14(15)18)16(10)11-2-5-13(21)6-3-11/h2-9,21H,1H3. The van der Waals surface area contributed by atoms with Gasteiger partial charge in [0.15, 0.2) is 0 Å². The van der Waals surface area contributed by atoms with E-state index in [-0.39, 0.29) is 5.75 Å². The van der Waals surface area contributed by atoms with Gasteiger partial charge in [-0.3, -0.25) is 0 Å². The van der Waals surface area contributed by atoms with Crippen LogP contribution in [-0.2, 0) is 0 Å². The highest BCUT2D eigenvalue weighted by atomic mass is 35.5. The molecule has 0 saturated carbocycles. The van der Waals surface area contributed by atoms with Crippen molar-refractivity contribution in [2.75, 3.05) is 0 Å². The van der Waals surface area contributed by atoms with Crippen LogP contribution in [0.2, 0.25) is 10.0 Å². The minimum Gasteiger partial charge on any atom is -0.508 e. The highest BCUT2D eigenvalue weighted by molar-refractivity contribution is 6.35. The van der Waals surface area contributed by atoms with E-state index in [0.717, 1.165) is 22.5 Å². The smallest absolute Gasteiger partial charge is 0.115 e. The van der Waals surface area contributed by atoms with Crippen LogP contribution in [0.5, 0.6) is 5.75 Å². The molecule has 0 saturated heterocycles. The van der Waals surface area contributed by atoms with Crippen molar-refractivity contribution in [2.24, 2.45) is 0 Å². The Bertz CT molecular complexity index is 795. The lowest BCUT2D eigenvalue weighted by molar-refractivity contribution is 0.475. The number of benzene rings is 2. The van der Waals surface area contributed by atoms with Gasteiger partial charge >= 0.3 is 0 Å². The van der Waals surface area contributed by atoms with Crippen LogP contribution in [0.3, 0.4) is 0 Å². The first-order valence-electron chi connectivity index (χ1n) is 6.36. The highest BCUT2D eigenvalue weighted by Gasteiger charge is 2.14. The van der Waals surface area contributed by atoms with E-state index in [1.165, 1.54) is 0 Å². The highest BCUT2D eigenvalue weighted by Crippen LogP contribution is 2.31. The normalized spacial score (nSPS) is 10.8. The van der Waals surface area contributed by atoms with Crippen molar-refractivity contribution < 1.29 is 5.11 Å². The van der Waals surface area contributed by atoms with Crippen molar-refractivity contribution >= 4 is 23.2 Å². The van der Waals surface area contributed by atoms with Gasteiger partial charge in [0.1, 0.15) is 5.75 Å². The van der Waals surface area contributed by atoms with Gasteiger partial charge in [-0.1, -0.05) is 23.2 Å². The second-order valence-corrected chi connectivity index (χ2v) is 5.57. The minimum absolute atomic E-state index is 0.229. The first-order valence-corrected chi connectivity index (χ1v) is 7.11. The van der Waals surface area contributed by atoms with Gasteiger partial charge < -0.3 is 5.11 Å². The number of halogens is 2. The van der Waals surface area contributed by atoms with Gasteiger partial charge in [0.2, 0.25) is 0 Å². The van der Waals surface area contributed by atoms with Crippen LogP contribution in [0.4, 0.5) is 0 Å². The summed E-state index contributed by atoms with van der Waals surface area (Å²) in [5.74, 6) is 0.229. The van der Waals surface area contributed by atoms with E-state index in [9.17, 15) is 5.11 Å². The van der Waals surface area contributed by atoms with E-state index in [4.69, 9.17) is 23.2 Å². The molecule has 0 atom stereocenters. The lowest BCUT2D eigenvalue weighted by Gasteiger charge is -2.11. The third kappa shape index (κ3) is 2.62. The predicted molar refractivity (Wildman–Crippen MR) is 85.4 cm³/mol. The predicted octanol–water partition coefficient (Wildman–Crippen LogP) is 4.86. The summed E-state index contributed by atoms with van der Waals surface area (Å²) < 4.78 is 1.78. The molecule has 0 fully saturated rings. The van der Waals surface area contributed by atoms with E-state index >= 15 is 0 Å². The maximum Gasteiger partial charge on any atom is 0.115 e. The molecule has 21 heavy (non-hydrogen) atoms. The van der Waals surface area contributed by atoms with E-state index in [0.29, 0.717) is 10.0 Å². The van der Waals surface area contributed by atoms with Crippen LogP contribution in [0.15, 0.2) is 48.7 Å². The fraction of sp³-hybridized carbons (Fsp3) is 0.0625. The number of phenolic OH excluding ortho intramolecular Hbond substituents is 1. The zero-order valence-corrected chi connectivity index (χ0v) is 12.7. The molecular formula is C16H12Cl2N2O. The largest absolute Gasteiger partial charge is 0.508 e. The summed E-state index contributed by atoms with van der Waals surface area (Å²) >= 11 is 12.2. The van der Waals surface area contributed by atoms with Crippen LogP contribution in [0.25, 0.3) is 16.9 Å². The van der Waals surface area contributed by atoms with Crippen LogP contribution >= 0.6 is 23.2 Å². The average molecular weight is 319 g/mol. The first-order chi connectivity index (χ1) is 10.1. The van der Waals surface area contributed by atoms with Crippen LogP contribution in [0.1, 0.15) is 5.56 Å². The molecule has 3 nitrogen and oxygen atoms in total. The van der Waals surface area contributed by atoms with Crippen molar-refractivity contribution in [2.45, 2.75) is 6.92 Å². The maximum absolute atomic E-state index is 9.43. The molecule has 0 aliphatic carbocycles. The third-order valence-electron chi connectivity index (χ3n) is 3.23. The summed E-state index contributed by atoms with van der Waals surface area (Å²) in [6.45, 7) is 1.98. The number of aromatic hydroxyl groups is 1. The Morgan fingerprint density at radius 1 is 1.05 bits per heavy atom. The number of hydrogen-bond acceptors (Lipinski definition) is 2. The summed E-state index contributed by atoms with van der Waals surface area (Å²) in [5, 5.41) is 14.9. The molecule has 0 aliphatic heterocycles. The Hall–Kier alpha value is -1.97. The van der Waals surface area contributed by atoms with Crippen molar-refractivity contribution in [3.63, 3.8) is 0 Å². The molecule has 0 aliphatic rings. The molecule has 0 radical (unpaired) electrons. The van der Waals surface area contributed by atoms with Crippen LogP contribution in [-0.4, -0.2) is 14.9 Å². The number of aryl methyl sites for hydroxylation is 1. The number of aromatic nitrogens is 2. The average Bonchev–Trinajstić information content (AvgIpc) is 2.82. The maximum atomic E-state index is 9.43. The molecule has 0 amide bonds. The Labute approximate surface area is 132 Å². The van der Waals surface area contributed by atoms with Gasteiger partial charge in [0.25, 0.3) is 0 Å². The molecule has 0 unspecified atom stereocenters. The molecule has 3 rings (SSSR count). The Kier molecular flexibility index (Phi) is 3.62. The van der Waals surface area contributed by atoms with Gasteiger partial charge in [-0.2, -0.15) is 5.10 Å². The molecule has 1 heterocycles. The van der Waals surface area contributed by atoms with Gasteiger partial charge in [0.05, 0.1) is 22.6 Å². The van der Waals surface area contributed by atoms with Crippen molar-refractivity contribution in [1.82, 2.24) is 9.78 Å². The summed E-state index contributed by atoms with van der Waals surface area (Å²) in [5.41, 5.74) is 3.66. The van der Waals surface area contributed by atoms with Crippen molar-refractivity contribution in [3.05, 3.63) is 64.3 Å². The molecule has 1 aromatic heterocycles. The van der Waals surface area contributed by atoms with E-state index in [2.05, 4.69) is 5.10 Å². The van der Waals surface area contributed by atoms with Gasteiger partial charge in [0, 0.05) is 10.6 Å². The number of rotatable bonds is 2. The van der Waals surface area contributed by atoms with Gasteiger partial charge in [-0.25, -0.2) is 4.68 Å². The van der Waals surface area contributed by atoms with Gasteiger partial charge in [-0.15, -0.1) is 0 Å². The second-order valence-electron chi connectivity index (χ2n) is 4.73. The Balaban J connectivity index is 2.19. The first kappa shape index (κ1) is 14.0. The van der Waals surface area contributed by atoms with E-state index in [1.54, 1.807) is 35.1 Å². The monoisotopic (exact) mass is 318 g/mol. The summed E-state index contributed by atoms with van der Waals surface area (Å²) in [7, 11) is 0. The van der Waals surface area contributed by atoms with E-state index < -0.39 is 0 Å². The quantitative estimate of drug-likeness (QED) is 0.732. The van der Waals surface area contributed by atoms with Crippen LogP contribution < -0.4 is 0 Å². The molecule has 1 N–H and O–H groups in total. The lowest BCUT2D eigenvalue weighted by Crippen LogP contribution is -2.00. The molecular weight excluding hydrogens is 307 g/mol. The van der Waals surface area contributed by atoms with Crippen molar-refractivity contribution in [1.29, 1.82) is 0 Å². The summed E-state index contributed by atoms with van der Waals surface area (Å²) in [4.78, 5) is 0. The zero-order chi connectivity index (χ0) is 15.0. The number of phenols is 1. The molecule has 0 bridgehead atoms. The van der Waals surface area contributed by atoms with Crippen molar-refractivity contribution in [3.8, 4) is 22.7 Å². The van der Waals surface area contributed by atoms with Crippen LogP contribution in [0, 0.1) is 6.92 Å². The number of nitrogens with zero attached hydrogens (tertiary/aromatic N) is 2. The molecule has 0 spiro atoms. The second kappa shape index (κ2) is 5.43. The third-order valence-corrected chi connectivity index (χ3v) is 3.77. The Morgan fingerprint density at radius 3 is 2.43 bits per heavy atom. The zero-order valence-electron chi connectivity index (χ0n) is 11.2. The summed E-state index contributed by atoms with van der Waals surface area (Å²) in [6.07, 6.45) is 1.78. The Morgan fingerprint density at radius 2 is 1.76 bits per heavy atom. The molecule has 5 heteroatoms.